The lowest BCUT2D eigenvalue weighted by atomic mass is 10.1. The van der Waals surface area contributed by atoms with Gasteiger partial charge in [-0.15, -0.1) is 0 Å². The first kappa shape index (κ1) is 21.8. The molecule has 2 aromatic carbocycles. The number of rotatable bonds is 5. The van der Waals surface area contributed by atoms with E-state index in [-0.39, 0.29) is 23.7 Å². The van der Waals surface area contributed by atoms with Crippen molar-refractivity contribution in [3.05, 3.63) is 87.1 Å². The van der Waals surface area contributed by atoms with Crippen LogP contribution in [0.25, 0.3) is 17.2 Å². The van der Waals surface area contributed by atoms with Crippen molar-refractivity contribution in [2.75, 3.05) is 18.6 Å². The first-order valence-corrected chi connectivity index (χ1v) is 11.3. The molecule has 0 amide bonds. The Morgan fingerprint density at radius 3 is 2.50 bits per heavy atom. The molecule has 1 aliphatic heterocycles. The molecule has 0 unspecified atom stereocenters. The lowest BCUT2D eigenvalue weighted by Gasteiger charge is -2.33. The summed E-state index contributed by atoms with van der Waals surface area (Å²) >= 11 is 0. The lowest BCUT2D eigenvalue weighted by molar-refractivity contribution is 0.414. The fourth-order valence-electron chi connectivity index (χ4n) is 4.50. The number of ether oxygens (including phenoxy) is 1. The molecule has 2 aromatic heterocycles. The number of anilines is 2. The highest BCUT2D eigenvalue weighted by molar-refractivity contribution is 5.77. The van der Waals surface area contributed by atoms with E-state index in [9.17, 15) is 9.59 Å². The highest BCUT2D eigenvalue weighted by Gasteiger charge is 2.29. The number of imidazole rings is 1. The van der Waals surface area contributed by atoms with Gasteiger partial charge in [-0.3, -0.25) is 13.9 Å². The van der Waals surface area contributed by atoms with Crippen LogP contribution in [0.2, 0.25) is 0 Å². The number of allylic oxidation sites excluding steroid dienone is 1. The summed E-state index contributed by atoms with van der Waals surface area (Å²) in [5, 5.41) is 0. The molecule has 174 valence electrons. The molecule has 0 saturated heterocycles. The van der Waals surface area contributed by atoms with E-state index in [0.717, 1.165) is 23.5 Å². The minimum atomic E-state index is -0.380. The molecule has 0 radical (unpaired) electrons. The summed E-state index contributed by atoms with van der Waals surface area (Å²) in [6.45, 7) is 3.76. The van der Waals surface area contributed by atoms with Gasteiger partial charge in [0.25, 0.3) is 5.56 Å². The second kappa shape index (κ2) is 8.70. The predicted molar refractivity (Wildman–Crippen MR) is 134 cm³/mol. The number of methoxy groups -OCH3 is 1. The molecule has 1 atom stereocenters. The number of hydrogen-bond acceptors (Lipinski definition) is 5. The minimum Gasteiger partial charge on any atom is -0.497 e. The van der Waals surface area contributed by atoms with Crippen LogP contribution in [0.1, 0.15) is 12.5 Å². The third-order valence-corrected chi connectivity index (χ3v) is 6.22. The van der Waals surface area contributed by atoms with E-state index in [0.29, 0.717) is 23.7 Å². The SMILES string of the molecule is COc1ccc(N2C[C@H](C)Cn3c2nc2c3c(=O)n(C/C=C\c3ccccc3)c(=O)n2C)cc1. The van der Waals surface area contributed by atoms with Gasteiger partial charge in [-0.1, -0.05) is 49.4 Å². The number of aromatic nitrogens is 4. The van der Waals surface area contributed by atoms with Crippen LogP contribution in [0.5, 0.6) is 5.75 Å². The third kappa shape index (κ3) is 3.71. The van der Waals surface area contributed by atoms with Crippen molar-refractivity contribution in [1.29, 1.82) is 0 Å². The van der Waals surface area contributed by atoms with Crippen molar-refractivity contribution < 1.29 is 4.74 Å². The largest absolute Gasteiger partial charge is 0.497 e. The van der Waals surface area contributed by atoms with E-state index in [1.165, 1.54) is 9.13 Å². The molecule has 8 heteroatoms. The monoisotopic (exact) mass is 457 g/mol. The third-order valence-electron chi connectivity index (χ3n) is 6.22. The molecular weight excluding hydrogens is 430 g/mol. The summed E-state index contributed by atoms with van der Waals surface area (Å²) < 4.78 is 9.98. The van der Waals surface area contributed by atoms with Gasteiger partial charge in [0.2, 0.25) is 5.95 Å². The first-order chi connectivity index (χ1) is 16.5. The number of nitrogens with zero attached hydrogens (tertiary/aromatic N) is 5. The Hall–Kier alpha value is -4.07. The van der Waals surface area contributed by atoms with Crippen LogP contribution in [0.3, 0.4) is 0 Å². The maximum atomic E-state index is 13.5. The van der Waals surface area contributed by atoms with E-state index in [2.05, 4.69) is 11.8 Å². The van der Waals surface area contributed by atoms with Gasteiger partial charge in [0.1, 0.15) is 5.75 Å². The van der Waals surface area contributed by atoms with Crippen molar-refractivity contribution >= 4 is 28.9 Å². The fourth-order valence-corrected chi connectivity index (χ4v) is 4.50. The Morgan fingerprint density at radius 2 is 1.79 bits per heavy atom. The van der Waals surface area contributed by atoms with Crippen molar-refractivity contribution in [3.8, 4) is 5.75 Å². The molecule has 0 bridgehead atoms. The number of hydrogen-bond donors (Lipinski definition) is 0. The molecular formula is C26H27N5O3. The second-order valence-corrected chi connectivity index (χ2v) is 8.68. The molecule has 5 rings (SSSR count). The van der Waals surface area contributed by atoms with Crippen LogP contribution in [0.15, 0.2) is 70.3 Å². The summed E-state index contributed by atoms with van der Waals surface area (Å²) in [6.07, 6.45) is 3.75. The van der Waals surface area contributed by atoms with Gasteiger partial charge in [-0.05, 0) is 35.7 Å². The molecule has 4 aromatic rings. The second-order valence-electron chi connectivity index (χ2n) is 8.68. The van der Waals surface area contributed by atoms with Gasteiger partial charge < -0.3 is 14.2 Å². The van der Waals surface area contributed by atoms with E-state index >= 15 is 0 Å². The minimum absolute atomic E-state index is 0.189. The van der Waals surface area contributed by atoms with Crippen molar-refractivity contribution in [3.63, 3.8) is 0 Å². The number of fused-ring (bicyclic) bond motifs is 3. The summed E-state index contributed by atoms with van der Waals surface area (Å²) in [5.74, 6) is 1.73. The molecule has 0 spiro atoms. The van der Waals surface area contributed by atoms with Gasteiger partial charge >= 0.3 is 5.69 Å². The van der Waals surface area contributed by atoms with Crippen LogP contribution in [-0.4, -0.2) is 32.3 Å². The summed E-state index contributed by atoms with van der Waals surface area (Å²) in [5.41, 5.74) is 2.13. The molecule has 0 aliphatic carbocycles. The summed E-state index contributed by atoms with van der Waals surface area (Å²) in [6, 6.07) is 17.6. The van der Waals surface area contributed by atoms with E-state index in [1.807, 2.05) is 71.3 Å². The van der Waals surface area contributed by atoms with Crippen molar-refractivity contribution in [2.45, 2.75) is 20.0 Å². The van der Waals surface area contributed by atoms with Crippen LogP contribution in [0, 0.1) is 5.92 Å². The standard InChI is InChI=1S/C26H27N5O3/c1-18-16-30(20-11-13-21(34-3)14-12-20)25-27-23-22(31(25)17-18)24(32)29(26(33)28(23)2)15-7-10-19-8-5-4-6-9-19/h4-14,18H,15-17H2,1-3H3/b10-7-/t18-/m0/s1. The number of aryl methyl sites for hydroxylation is 1. The highest BCUT2D eigenvalue weighted by atomic mass is 16.5. The number of benzene rings is 2. The van der Waals surface area contributed by atoms with E-state index < -0.39 is 0 Å². The molecule has 34 heavy (non-hydrogen) atoms. The highest BCUT2D eigenvalue weighted by Crippen LogP contribution is 2.33. The maximum Gasteiger partial charge on any atom is 0.332 e. The van der Waals surface area contributed by atoms with Crippen LogP contribution in [0.4, 0.5) is 11.6 Å². The molecule has 0 fully saturated rings. The Morgan fingerprint density at radius 1 is 1.06 bits per heavy atom. The maximum absolute atomic E-state index is 13.5. The first-order valence-electron chi connectivity index (χ1n) is 11.3. The zero-order valence-corrected chi connectivity index (χ0v) is 19.5. The smallest absolute Gasteiger partial charge is 0.332 e. The zero-order chi connectivity index (χ0) is 23.8. The topological polar surface area (TPSA) is 74.3 Å². The molecule has 1 aliphatic rings. The van der Waals surface area contributed by atoms with Crippen LogP contribution in [-0.2, 0) is 20.1 Å². The van der Waals surface area contributed by atoms with Crippen molar-refractivity contribution in [2.24, 2.45) is 13.0 Å². The molecule has 3 heterocycles. The van der Waals surface area contributed by atoms with Gasteiger partial charge in [0, 0.05) is 32.4 Å². The van der Waals surface area contributed by atoms with Crippen molar-refractivity contribution in [1.82, 2.24) is 18.7 Å². The Labute approximate surface area is 197 Å². The van der Waals surface area contributed by atoms with Crippen LogP contribution < -0.4 is 20.9 Å². The average molecular weight is 458 g/mol. The van der Waals surface area contributed by atoms with Crippen LogP contribution >= 0.6 is 0 Å². The summed E-state index contributed by atoms with van der Waals surface area (Å²) in [7, 11) is 3.31. The predicted octanol–water partition coefficient (Wildman–Crippen LogP) is 3.41. The Balaban J connectivity index is 1.61. The molecule has 8 nitrogen and oxygen atoms in total. The van der Waals surface area contributed by atoms with Gasteiger partial charge in [0.15, 0.2) is 11.2 Å². The average Bonchev–Trinajstić information content (AvgIpc) is 3.24. The van der Waals surface area contributed by atoms with Gasteiger partial charge in [-0.2, -0.15) is 4.98 Å². The quantitative estimate of drug-likeness (QED) is 0.459. The Bertz CT molecular complexity index is 1480. The van der Waals surface area contributed by atoms with Gasteiger partial charge in [0.05, 0.1) is 7.11 Å². The van der Waals surface area contributed by atoms with E-state index in [4.69, 9.17) is 9.72 Å². The van der Waals surface area contributed by atoms with E-state index in [1.54, 1.807) is 14.2 Å². The lowest BCUT2D eigenvalue weighted by Crippen LogP contribution is -2.40. The Kier molecular flexibility index (Phi) is 5.57. The zero-order valence-electron chi connectivity index (χ0n) is 19.5. The summed E-state index contributed by atoms with van der Waals surface area (Å²) in [4.78, 5) is 33.5. The normalized spacial score (nSPS) is 15.7. The molecule has 0 saturated carbocycles. The van der Waals surface area contributed by atoms with Gasteiger partial charge in [-0.25, -0.2) is 4.79 Å². The fraction of sp³-hybridized carbons (Fsp3) is 0.269. The molecule has 0 N–H and O–H groups in total.